The lowest BCUT2D eigenvalue weighted by Gasteiger charge is -2.22. The fraction of sp³-hybridized carbons (Fsp3) is 0.500. The molecule has 21 heavy (non-hydrogen) atoms. The molecule has 118 valence electrons. The van der Waals surface area contributed by atoms with Gasteiger partial charge in [-0.15, -0.1) is 11.3 Å². The van der Waals surface area contributed by atoms with Crippen LogP contribution in [0.1, 0.15) is 28.4 Å². The largest absolute Gasteiger partial charge is 0.477 e. The average molecular weight is 334 g/mol. The molecule has 1 aromatic heterocycles. The van der Waals surface area contributed by atoms with Crippen LogP contribution in [0, 0.1) is 12.3 Å². The van der Waals surface area contributed by atoms with E-state index < -0.39 is 21.4 Å². The number of amides is 1. The number of aryl methyl sites for hydroxylation is 1. The Labute approximate surface area is 127 Å². The Kier molecular flexibility index (Phi) is 5.13. The third-order valence-electron chi connectivity index (χ3n) is 2.92. The molecule has 0 atom stereocenters. The number of aromatic carboxylic acids is 1. The zero-order valence-corrected chi connectivity index (χ0v) is 13.8. The highest BCUT2D eigenvalue weighted by Gasteiger charge is 2.30. The third kappa shape index (κ3) is 4.02. The summed E-state index contributed by atoms with van der Waals surface area (Å²) in [4.78, 5) is 22.8. The van der Waals surface area contributed by atoms with Crippen LogP contribution >= 0.6 is 11.3 Å². The number of carbonyl (C=O) groups excluding carboxylic acids is 1. The summed E-state index contributed by atoms with van der Waals surface area (Å²) in [7, 11) is -2.39. The minimum atomic E-state index is -3.86. The standard InChI is InChI=1S/C12H18N2O5S2/c1-7-9(5-8(20-7)10(15)16)21(18,19)14-6-12(2,3)11(17)13-4/h5,14H,6H2,1-4H3,(H,13,17)(H,15,16). The van der Waals surface area contributed by atoms with Gasteiger partial charge in [-0.1, -0.05) is 0 Å². The Morgan fingerprint density at radius 3 is 2.38 bits per heavy atom. The highest BCUT2D eigenvalue weighted by Crippen LogP contribution is 2.26. The molecule has 1 aromatic rings. The molecule has 0 saturated heterocycles. The Morgan fingerprint density at radius 1 is 1.38 bits per heavy atom. The summed E-state index contributed by atoms with van der Waals surface area (Å²) in [6.45, 7) is 4.66. The Bertz CT molecular complexity index is 661. The number of hydrogen-bond donors (Lipinski definition) is 3. The first-order chi connectivity index (χ1) is 9.51. The van der Waals surface area contributed by atoms with Crippen molar-refractivity contribution in [3.05, 3.63) is 15.8 Å². The Hall–Kier alpha value is -1.45. The summed E-state index contributed by atoms with van der Waals surface area (Å²) >= 11 is 0.896. The van der Waals surface area contributed by atoms with Gasteiger partial charge in [0.1, 0.15) is 4.88 Å². The minimum absolute atomic E-state index is 0.0431. The van der Waals surface area contributed by atoms with Crippen LogP contribution in [-0.4, -0.2) is 39.0 Å². The summed E-state index contributed by atoms with van der Waals surface area (Å²) in [5.41, 5.74) is -0.915. The monoisotopic (exact) mass is 334 g/mol. The maximum Gasteiger partial charge on any atom is 0.345 e. The molecular weight excluding hydrogens is 316 g/mol. The van der Waals surface area contributed by atoms with Crippen LogP contribution in [0.4, 0.5) is 0 Å². The zero-order chi connectivity index (χ0) is 16.4. The van der Waals surface area contributed by atoms with Crippen molar-refractivity contribution in [1.82, 2.24) is 10.0 Å². The van der Waals surface area contributed by atoms with E-state index in [1.165, 1.54) is 14.0 Å². The molecule has 0 bridgehead atoms. The van der Waals surface area contributed by atoms with E-state index in [1.54, 1.807) is 13.8 Å². The van der Waals surface area contributed by atoms with Crippen LogP contribution in [0.15, 0.2) is 11.0 Å². The Balaban J connectivity index is 2.98. The van der Waals surface area contributed by atoms with E-state index in [4.69, 9.17) is 5.11 Å². The molecule has 3 N–H and O–H groups in total. The summed E-state index contributed by atoms with van der Waals surface area (Å²) in [5.74, 6) is -1.46. The normalized spacial score (nSPS) is 12.2. The van der Waals surface area contributed by atoms with Crippen molar-refractivity contribution in [2.75, 3.05) is 13.6 Å². The number of carboxylic acid groups (broad SMARTS) is 1. The molecule has 0 aliphatic heterocycles. The number of sulfonamides is 1. The molecule has 1 rings (SSSR count). The molecule has 0 aromatic carbocycles. The van der Waals surface area contributed by atoms with Gasteiger partial charge < -0.3 is 10.4 Å². The topological polar surface area (TPSA) is 113 Å². The van der Waals surface area contributed by atoms with Crippen LogP contribution in [-0.2, 0) is 14.8 Å². The molecule has 0 fully saturated rings. The van der Waals surface area contributed by atoms with Crippen molar-refractivity contribution in [3.63, 3.8) is 0 Å². The lowest BCUT2D eigenvalue weighted by Crippen LogP contribution is -2.43. The summed E-state index contributed by atoms with van der Waals surface area (Å²) in [5, 5.41) is 11.4. The lowest BCUT2D eigenvalue weighted by atomic mass is 9.93. The molecule has 0 unspecified atom stereocenters. The van der Waals surface area contributed by atoms with E-state index in [1.807, 2.05) is 0 Å². The third-order valence-corrected chi connectivity index (χ3v) is 5.61. The van der Waals surface area contributed by atoms with E-state index in [0.717, 1.165) is 17.4 Å². The number of rotatable bonds is 6. The van der Waals surface area contributed by atoms with Gasteiger partial charge >= 0.3 is 5.97 Å². The van der Waals surface area contributed by atoms with E-state index in [2.05, 4.69) is 10.0 Å². The second kappa shape index (κ2) is 6.12. The number of thiophene rings is 1. The predicted molar refractivity (Wildman–Crippen MR) is 79.1 cm³/mol. The highest BCUT2D eigenvalue weighted by molar-refractivity contribution is 7.89. The van der Waals surface area contributed by atoms with E-state index in [9.17, 15) is 18.0 Å². The predicted octanol–water partition coefficient (Wildman–Crippen LogP) is 0.805. The number of carboxylic acids is 1. The average Bonchev–Trinajstić information content (AvgIpc) is 2.79. The molecule has 0 aliphatic carbocycles. The van der Waals surface area contributed by atoms with E-state index >= 15 is 0 Å². The summed E-state index contributed by atoms with van der Waals surface area (Å²) in [6, 6.07) is 1.12. The number of nitrogens with one attached hydrogen (secondary N) is 2. The SMILES string of the molecule is CNC(=O)C(C)(C)CNS(=O)(=O)c1cc(C(=O)O)sc1C. The maximum atomic E-state index is 12.2. The molecule has 0 aliphatic rings. The Morgan fingerprint density at radius 2 is 1.95 bits per heavy atom. The van der Waals surface area contributed by atoms with Gasteiger partial charge in [0.2, 0.25) is 15.9 Å². The van der Waals surface area contributed by atoms with Crippen molar-refractivity contribution < 1.29 is 23.1 Å². The van der Waals surface area contributed by atoms with Crippen molar-refractivity contribution in [2.45, 2.75) is 25.7 Å². The smallest absolute Gasteiger partial charge is 0.345 e. The number of carbonyl (C=O) groups is 2. The van der Waals surface area contributed by atoms with Gasteiger partial charge in [-0.25, -0.2) is 17.9 Å². The van der Waals surface area contributed by atoms with Crippen molar-refractivity contribution in [2.24, 2.45) is 5.41 Å². The van der Waals surface area contributed by atoms with Crippen LogP contribution in [0.2, 0.25) is 0 Å². The van der Waals surface area contributed by atoms with Gasteiger partial charge in [0.25, 0.3) is 0 Å². The first-order valence-corrected chi connectivity index (χ1v) is 8.37. The van der Waals surface area contributed by atoms with Crippen molar-refractivity contribution >= 4 is 33.2 Å². The van der Waals surface area contributed by atoms with Crippen LogP contribution < -0.4 is 10.0 Å². The maximum absolute atomic E-state index is 12.2. The first-order valence-electron chi connectivity index (χ1n) is 6.07. The second-order valence-corrected chi connectivity index (χ2v) is 8.12. The molecule has 0 spiro atoms. The van der Waals surface area contributed by atoms with Crippen molar-refractivity contribution in [3.8, 4) is 0 Å². The van der Waals surface area contributed by atoms with Gasteiger partial charge in [-0.3, -0.25) is 4.79 Å². The minimum Gasteiger partial charge on any atom is -0.477 e. The lowest BCUT2D eigenvalue weighted by molar-refractivity contribution is -0.128. The zero-order valence-electron chi connectivity index (χ0n) is 12.2. The van der Waals surface area contributed by atoms with E-state index in [-0.39, 0.29) is 22.2 Å². The molecular formula is C12H18N2O5S2. The molecule has 1 amide bonds. The molecule has 0 saturated carbocycles. The van der Waals surface area contributed by atoms with Crippen LogP contribution in [0.3, 0.4) is 0 Å². The first kappa shape index (κ1) is 17.6. The molecule has 7 nitrogen and oxygen atoms in total. The fourth-order valence-corrected chi connectivity index (χ4v) is 4.25. The van der Waals surface area contributed by atoms with Gasteiger partial charge in [-0.2, -0.15) is 0 Å². The van der Waals surface area contributed by atoms with Gasteiger partial charge in [0.05, 0.1) is 10.3 Å². The molecule has 1 heterocycles. The second-order valence-electron chi connectivity index (χ2n) is 5.12. The van der Waals surface area contributed by atoms with Crippen LogP contribution in [0.5, 0.6) is 0 Å². The van der Waals surface area contributed by atoms with Gasteiger partial charge in [0.15, 0.2) is 0 Å². The van der Waals surface area contributed by atoms with Crippen molar-refractivity contribution in [1.29, 1.82) is 0 Å². The summed E-state index contributed by atoms with van der Waals surface area (Å²) in [6.07, 6.45) is 0. The summed E-state index contributed by atoms with van der Waals surface area (Å²) < 4.78 is 26.8. The molecule has 9 heteroatoms. The van der Waals surface area contributed by atoms with Crippen LogP contribution in [0.25, 0.3) is 0 Å². The fourth-order valence-electron chi connectivity index (χ4n) is 1.61. The quantitative estimate of drug-likeness (QED) is 0.712. The number of hydrogen-bond acceptors (Lipinski definition) is 5. The highest BCUT2D eigenvalue weighted by atomic mass is 32.2. The molecule has 0 radical (unpaired) electrons. The van der Waals surface area contributed by atoms with Gasteiger partial charge in [0, 0.05) is 18.5 Å². The van der Waals surface area contributed by atoms with Gasteiger partial charge in [-0.05, 0) is 26.8 Å². The van der Waals surface area contributed by atoms with E-state index in [0.29, 0.717) is 4.88 Å².